The molecule has 0 aliphatic rings. The van der Waals surface area contributed by atoms with Gasteiger partial charge in [-0.15, -0.1) is 0 Å². The summed E-state index contributed by atoms with van der Waals surface area (Å²) < 4.78 is 37.7. The molecular weight excluding hydrogens is 436 g/mol. The number of thioether (sulfide) groups is 1. The van der Waals surface area contributed by atoms with Crippen molar-refractivity contribution in [2.45, 2.75) is 30.4 Å². The van der Waals surface area contributed by atoms with Crippen molar-refractivity contribution >= 4 is 33.4 Å². The summed E-state index contributed by atoms with van der Waals surface area (Å²) in [7, 11) is 0.577. The lowest BCUT2D eigenvalue weighted by atomic mass is 10.2. The fourth-order valence-electron chi connectivity index (χ4n) is 2.72. The van der Waals surface area contributed by atoms with Crippen LogP contribution in [-0.2, 0) is 10.0 Å². The highest BCUT2D eigenvalue weighted by atomic mass is 32.2. The topological polar surface area (TPSA) is 84.9 Å². The van der Waals surface area contributed by atoms with Crippen LogP contribution in [0.3, 0.4) is 0 Å². The number of carbonyl (C=O) groups excluding carboxylic acids is 1. The number of carbonyl (C=O) groups is 1. The van der Waals surface area contributed by atoms with Gasteiger partial charge in [0.2, 0.25) is 0 Å². The van der Waals surface area contributed by atoms with Crippen LogP contribution in [0.15, 0.2) is 47.4 Å². The number of amides is 1. The maximum atomic E-state index is 13.0. The highest BCUT2D eigenvalue weighted by Gasteiger charge is 2.23. The number of benzene rings is 2. The molecule has 0 unspecified atom stereocenters. The van der Waals surface area contributed by atoms with Gasteiger partial charge in [0.05, 0.1) is 24.8 Å². The van der Waals surface area contributed by atoms with Gasteiger partial charge in [0.25, 0.3) is 15.9 Å². The molecule has 0 aromatic heterocycles. The molecule has 0 atom stereocenters. The van der Waals surface area contributed by atoms with E-state index >= 15 is 0 Å². The van der Waals surface area contributed by atoms with E-state index in [1.54, 1.807) is 42.1 Å². The number of rotatable bonds is 9. The largest absolute Gasteiger partial charge is 0.493 e. The van der Waals surface area contributed by atoms with Gasteiger partial charge in [0.1, 0.15) is 0 Å². The van der Waals surface area contributed by atoms with Gasteiger partial charge in [-0.1, -0.05) is 20.8 Å². The molecule has 170 valence electrons. The van der Waals surface area contributed by atoms with Crippen molar-refractivity contribution in [1.82, 2.24) is 5.32 Å². The van der Waals surface area contributed by atoms with Crippen molar-refractivity contribution in [2.75, 3.05) is 37.9 Å². The summed E-state index contributed by atoms with van der Waals surface area (Å²) in [6.45, 7) is 6.95. The monoisotopic (exact) mass is 466 g/mol. The Morgan fingerprint density at radius 3 is 2.19 bits per heavy atom. The van der Waals surface area contributed by atoms with Crippen molar-refractivity contribution in [3.63, 3.8) is 0 Å². The van der Waals surface area contributed by atoms with Gasteiger partial charge >= 0.3 is 0 Å². The van der Waals surface area contributed by atoms with E-state index < -0.39 is 10.0 Å². The van der Waals surface area contributed by atoms with Gasteiger partial charge in [0.15, 0.2) is 11.5 Å². The normalized spacial score (nSPS) is 11.7. The number of anilines is 1. The number of methoxy groups -OCH3 is 2. The molecule has 2 aromatic carbocycles. The zero-order chi connectivity index (χ0) is 23.2. The first-order chi connectivity index (χ1) is 14.5. The van der Waals surface area contributed by atoms with Crippen LogP contribution in [0.25, 0.3) is 0 Å². The Hall–Kier alpha value is -2.39. The Bertz CT molecular complexity index is 1000. The van der Waals surface area contributed by atoms with Crippen molar-refractivity contribution in [2.24, 2.45) is 0 Å². The maximum Gasteiger partial charge on any atom is 0.264 e. The molecule has 0 spiro atoms. The van der Waals surface area contributed by atoms with Crippen LogP contribution in [-0.4, -0.2) is 52.6 Å². The van der Waals surface area contributed by atoms with Crippen LogP contribution in [0.1, 0.15) is 31.1 Å². The molecule has 31 heavy (non-hydrogen) atoms. The van der Waals surface area contributed by atoms with E-state index in [2.05, 4.69) is 26.1 Å². The molecule has 1 amide bonds. The number of nitrogens with one attached hydrogen (secondary N) is 1. The van der Waals surface area contributed by atoms with E-state index in [0.717, 1.165) is 10.1 Å². The molecule has 1 N–H and O–H groups in total. The molecule has 2 aromatic rings. The lowest BCUT2D eigenvalue weighted by Crippen LogP contribution is -2.28. The fourth-order valence-corrected chi connectivity index (χ4v) is 4.75. The number of ether oxygens (including phenoxy) is 2. The van der Waals surface area contributed by atoms with Crippen LogP contribution in [0.5, 0.6) is 11.5 Å². The minimum absolute atomic E-state index is 0.0748. The Morgan fingerprint density at radius 2 is 1.65 bits per heavy atom. The average molecular weight is 467 g/mol. The van der Waals surface area contributed by atoms with E-state index in [0.29, 0.717) is 29.3 Å². The molecule has 0 saturated heterocycles. The Balaban J connectivity index is 2.10. The standard InChI is InChI=1S/C22H30N2O5S2/c1-22(2,3)30-14-13-23-21(25)16-7-9-17(10-8-16)24(4)31(26,27)18-11-12-19(28-5)20(15-18)29-6/h7-12,15H,13-14H2,1-6H3,(H,23,25). The van der Waals surface area contributed by atoms with Gasteiger partial charge < -0.3 is 14.8 Å². The van der Waals surface area contributed by atoms with Gasteiger partial charge in [0, 0.05) is 35.7 Å². The zero-order valence-corrected chi connectivity index (χ0v) is 20.4. The molecular formula is C22H30N2O5S2. The van der Waals surface area contributed by atoms with Crippen LogP contribution >= 0.6 is 11.8 Å². The number of nitrogens with zero attached hydrogens (tertiary/aromatic N) is 1. The predicted molar refractivity (Wildman–Crippen MR) is 126 cm³/mol. The van der Waals surface area contributed by atoms with E-state index in [1.807, 2.05) is 0 Å². The molecule has 2 rings (SSSR count). The number of sulfonamides is 1. The van der Waals surface area contributed by atoms with Gasteiger partial charge in [-0.3, -0.25) is 9.10 Å². The predicted octanol–water partition coefficient (Wildman–Crippen LogP) is 3.79. The van der Waals surface area contributed by atoms with Crippen LogP contribution in [0, 0.1) is 0 Å². The lowest BCUT2D eigenvalue weighted by Gasteiger charge is -2.20. The molecule has 0 bridgehead atoms. The molecule has 9 heteroatoms. The second-order valence-electron chi connectivity index (χ2n) is 7.75. The minimum Gasteiger partial charge on any atom is -0.493 e. The van der Waals surface area contributed by atoms with Crippen LogP contribution in [0.2, 0.25) is 0 Å². The van der Waals surface area contributed by atoms with Gasteiger partial charge in [-0.25, -0.2) is 8.42 Å². The molecule has 0 fully saturated rings. The quantitative estimate of drug-likeness (QED) is 0.566. The summed E-state index contributed by atoms with van der Waals surface area (Å²) in [6.07, 6.45) is 0. The average Bonchev–Trinajstić information content (AvgIpc) is 2.74. The van der Waals surface area contributed by atoms with Crippen LogP contribution < -0.4 is 19.1 Å². The van der Waals surface area contributed by atoms with Crippen molar-refractivity contribution in [3.8, 4) is 11.5 Å². The Kier molecular flexibility index (Phi) is 8.25. The van der Waals surface area contributed by atoms with E-state index in [1.165, 1.54) is 33.4 Å². The second-order valence-corrected chi connectivity index (χ2v) is 11.6. The van der Waals surface area contributed by atoms with Crippen molar-refractivity contribution < 1.29 is 22.7 Å². The van der Waals surface area contributed by atoms with E-state index in [9.17, 15) is 13.2 Å². The van der Waals surface area contributed by atoms with Gasteiger partial charge in [-0.05, 0) is 36.4 Å². The molecule has 0 aliphatic carbocycles. The SMILES string of the molecule is COc1ccc(S(=O)(=O)N(C)c2ccc(C(=O)NCCSC(C)(C)C)cc2)cc1OC. The molecule has 0 heterocycles. The second kappa shape index (κ2) is 10.3. The third-order valence-corrected chi connectivity index (χ3v) is 7.49. The molecule has 0 radical (unpaired) electrons. The number of hydrogen-bond donors (Lipinski definition) is 1. The van der Waals surface area contributed by atoms with Crippen LogP contribution in [0.4, 0.5) is 5.69 Å². The highest BCUT2D eigenvalue weighted by molar-refractivity contribution is 8.00. The minimum atomic E-state index is -3.82. The van der Waals surface area contributed by atoms with E-state index in [4.69, 9.17) is 9.47 Å². The summed E-state index contributed by atoms with van der Waals surface area (Å²) in [5.41, 5.74) is 0.913. The summed E-state index contributed by atoms with van der Waals surface area (Å²) in [6, 6.07) is 10.9. The highest BCUT2D eigenvalue weighted by Crippen LogP contribution is 2.31. The van der Waals surface area contributed by atoms with Gasteiger partial charge in [-0.2, -0.15) is 11.8 Å². The van der Waals surface area contributed by atoms with E-state index in [-0.39, 0.29) is 15.5 Å². The molecule has 0 saturated carbocycles. The Labute approximate surface area is 189 Å². The summed E-state index contributed by atoms with van der Waals surface area (Å²) >= 11 is 1.78. The van der Waals surface area contributed by atoms with Crippen molar-refractivity contribution in [3.05, 3.63) is 48.0 Å². The third-order valence-electron chi connectivity index (χ3n) is 4.43. The summed E-state index contributed by atoms with van der Waals surface area (Å²) in [5.74, 6) is 1.40. The molecule has 7 nitrogen and oxygen atoms in total. The molecule has 0 aliphatic heterocycles. The summed E-state index contributed by atoms with van der Waals surface area (Å²) in [5, 5.41) is 2.88. The summed E-state index contributed by atoms with van der Waals surface area (Å²) in [4.78, 5) is 12.4. The third kappa shape index (κ3) is 6.54. The zero-order valence-electron chi connectivity index (χ0n) is 18.8. The smallest absolute Gasteiger partial charge is 0.264 e. The first-order valence-electron chi connectivity index (χ1n) is 9.73. The Morgan fingerprint density at radius 1 is 1.03 bits per heavy atom. The number of hydrogen-bond acceptors (Lipinski definition) is 6. The lowest BCUT2D eigenvalue weighted by molar-refractivity contribution is 0.0956. The fraction of sp³-hybridized carbons (Fsp3) is 0.409. The first-order valence-corrected chi connectivity index (χ1v) is 12.2. The first kappa shape index (κ1) is 24.9. The van der Waals surface area contributed by atoms with Crippen molar-refractivity contribution in [1.29, 1.82) is 0 Å². The maximum absolute atomic E-state index is 13.0.